The van der Waals surface area contributed by atoms with Crippen LogP contribution in [-0.2, 0) is 14.8 Å². The van der Waals surface area contributed by atoms with Gasteiger partial charge in [-0.2, -0.15) is 9.30 Å². The fourth-order valence-electron chi connectivity index (χ4n) is 1.45. The van der Waals surface area contributed by atoms with Gasteiger partial charge in [0.2, 0.25) is 16.1 Å². The molecule has 1 rings (SSSR count). The van der Waals surface area contributed by atoms with Gasteiger partial charge in [0.25, 0.3) is 0 Å². The van der Waals surface area contributed by atoms with Gasteiger partial charge in [0.15, 0.2) is 0 Å². The summed E-state index contributed by atoms with van der Waals surface area (Å²) in [6, 6.07) is 5.67. The van der Waals surface area contributed by atoms with E-state index < -0.39 is 10.0 Å². The number of isocyanates is 1. The van der Waals surface area contributed by atoms with Crippen molar-refractivity contribution in [1.29, 1.82) is 0 Å². The van der Waals surface area contributed by atoms with Crippen LogP contribution in [0.4, 0.5) is 5.69 Å². The summed E-state index contributed by atoms with van der Waals surface area (Å²) in [5.74, 6) is 0. The first-order valence-electron chi connectivity index (χ1n) is 5.46. The normalized spacial score (nSPS) is 10.8. The van der Waals surface area contributed by atoms with E-state index in [2.05, 4.69) is 18.2 Å². The molecule has 0 N–H and O–H groups in total. The average Bonchev–Trinajstić information content (AvgIpc) is 2.39. The Kier molecular flexibility index (Phi) is 5.38. The van der Waals surface area contributed by atoms with Gasteiger partial charge in [0.05, 0.1) is 10.6 Å². The zero-order chi connectivity index (χ0) is 14.3. The van der Waals surface area contributed by atoms with E-state index in [-0.39, 0.29) is 18.0 Å². The first kappa shape index (κ1) is 15.0. The lowest BCUT2D eigenvalue weighted by Crippen LogP contribution is -2.31. The molecule has 0 unspecified atom stereocenters. The third-order valence-electron chi connectivity index (χ3n) is 2.31. The predicted octanol–water partition coefficient (Wildman–Crippen LogP) is 2.02. The van der Waals surface area contributed by atoms with Crippen LogP contribution in [-0.4, -0.2) is 31.9 Å². The van der Waals surface area contributed by atoms with Crippen LogP contribution < -0.4 is 0 Å². The van der Waals surface area contributed by atoms with Gasteiger partial charge in [-0.05, 0) is 24.3 Å². The largest absolute Gasteiger partial charge is 0.243 e. The molecule has 0 atom stereocenters. The van der Waals surface area contributed by atoms with Crippen molar-refractivity contribution in [2.45, 2.75) is 4.90 Å². The second kappa shape index (κ2) is 6.80. The van der Waals surface area contributed by atoms with E-state index in [0.29, 0.717) is 5.69 Å². The molecule has 0 heterocycles. The van der Waals surface area contributed by atoms with E-state index in [1.54, 1.807) is 0 Å². The molecule has 1 aromatic carbocycles. The third kappa shape index (κ3) is 3.72. The molecule has 6 heteroatoms. The zero-order valence-electron chi connectivity index (χ0n) is 10.3. The molecule has 0 amide bonds. The molecule has 0 fully saturated rings. The summed E-state index contributed by atoms with van der Waals surface area (Å²) in [5.41, 5.74) is 0.355. The van der Waals surface area contributed by atoms with E-state index >= 15 is 0 Å². The minimum absolute atomic E-state index is 0.126. The van der Waals surface area contributed by atoms with E-state index in [1.165, 1.54) is 46.8 Å². The third-order valence-corrected chi connectivity index (χ3v) is 4.16. The number of carbonyl (C=O) groups excluding carboxylic acids is 1. The number of hydrogen-bond donors (Lipinski definition) is 0. The Labute approximate surface area is 112 Å². The van der Waals surface area contributed by atoms with Crippen LogP contribution in [0, 0.1) is 0 Å². The first-order valence-corrected chi connectivity index (χ1v) is 6.90. The summed E-state index contributed by atoms with van der Waals surface area (Å²) in [4.78, 5) is 13.6. The quantitative estimate of drug-likeness (QED) is 0.435. The zero-order valence-corrected chi connectivity index (χ0v) is 11.1. The highest BCUT2D eigenvalue weighted by Gasteiger charge is 2.21. The van der Waals surface area contributed by atoms with E-state index in [1.807, 2.05) is 0 Å². The van der Waals surface area contributed by atoms with Crippen LogP contribution in [0.25, 0.3) is 0 Å². The maximum absolute atomic E-state index is 12.3. The van der Waals surface area contributed by atoms with Crippen LogP contribution in [0.5, 0.6) is 0 Å². The molecule has 0 saturated heterocycles. The SMILES string of the molecule is C=CCN(CC=C)S(=O)(=O)c1ccc(N=C=O)cc1. The summed E-state index contributed by atoms with van der Waals surface area (Å²) in [6.07, 6.45) is 4.41. The summed E-state index contributed by atoms with van der Waals surface area (Å²) in [5, 5.41) is 0. The maximum Gasteiger partial charge on any atom is 0.243 e. The molecule has 5 nitrogen and oxygen atoms in total. The van der Waals surface area contributed by atoms with Crippen molar-refractivity contribution in [2.75, 3.05) is 13.1 Å². The topological polar surface area (TPSA) is 66.8 Å². The molecular weight excluding hydrogens is 264 g/mol. The fraction of sp³-hybridized carbons (Fsp3) is 0.154. The lowest BCUT2D eigenvalue weighted by atomic mass is 10.3. The second-order valence-corrected chi connectivity index (χ2v) is 5.53. The molecule has 0 aliphatic heterocycles. The van der Waals surface area contributed by atoms with Crippen LogP contribution in [0.2, 0.25) is 0 Å². The first-order chi connectivity index (χ1) is 9.06. The molecule has 0 saturated carbocycles. The van der Waals surface area contributed by atoms with Crippen LogP contribution in [0.15, 0.2) is 59.5 Å². The average molecular weight is 278 g/mol. The number of hydrogen-bond acceptors (Lipinski definition) is 4. The lowest BCUT2D eigenvalue weighted by Gasteiger charge is -2.18. The molecule has 0 aliphatic rings. The van der Waals surface area contributed by atoms with Crippen LogP contribution in [0.3, 0.4) is 0 Å². The Morgan fingerprint density at radius 1 is 1.16 bits per heavy atom. The Bertz CT molecular complexity index is 589. The number of benzene rings is 1. The van der Waals surface area contributed by atoms with Crippen molar-refractivity contribution < 1.29 is 13.2 Å². The number of nitrogens with zero attached hydrogens (tertiary/aromatic N) is 2. The molecule has 1 aromatic rings. The van der Waals surface area contributed by atoms with Crippen molar-refractivity contribution >= 4 is 21.8 Å². The standard InChI is InChI=1S/C13H14N2O3S/c1-3-9-15(10-4-2)19(17,18)13-7-5-12(6-8-13)14-11-16/h3-8H,1-2,9-10H2. The van der Waals surface area contributed by atoms with Crippen molar-refractivity contribution in [3.8, 4) is 0 Å². The summed E-state index contributed by atoms with van der Waals surface area (Å²) < 4.78 is 25.8. The molecule has 0 aromatic heterocycles. The predicted molar refractivity (Wildman–Crippen MR) is 73.4 cm³/mol. The van der Waals surface area contributed by atoms with Gasteiger partial charge in [-0.15, -0.1) is 13.2 Å². The Morgan fingerprint density at radius 2 is 1.68 bits per heavy atom. The number of aliphatic imine (C=N–C) groups is 1. The minimum atomic E-state index is -3.61. The van der Waals surface area contributed by atoms with E-state index in [0.717, 1.165) is 0 Å². The highest BCUT2D eigenvalue weighted by atomic mass is 32.2. The monoisotopic (exact) mass is 278 g/mol. The van der Waals surface area contributed by atoms with E-state index in [4.69, 9.17) is 0 Å². The van der Waals surface area contributed by atoms with Crippen molar-refractivity contribution in [3.63, 3.8) is 0 Å². The molecular formula is C13H14N2O3S. The van der Waals surface area contributed by atoms with Crippen molar-refractivity contribution in [3.05, 3.63) is 49.6 Å². The second-order valence-electron chi connectivity index (χ2n) is 3.60. The lowest BCUT2D eigenvalue weighted by molar-refractivity contribution is 0.474. The maximum atomic E-state index is 12.3. The van der Waals surface area contributed by atoms with Gasteiger partial charge in [-0.3, -0.25) is 0 Å². The Balaban J connectivity index is 3.13. The number of sulfonamides is 1. The molecule has 19 heavy (non-hydrogen) atoms. The molecule has 0 aliphatic carbocycles. The van der Waals surface area contributed by atoms with Gasteiger partial charge >= 0.3 is 0 Å². The Morgan fingerprint density at radius 3 is 2.11 bits per heavy atom. The molecule has 0 radical (unpaired) electrons. The van der Waals surface area contributed by atoms with E-state index in [9.17, 15) is 13.2 Å². The molecule has 0 bridgehead atoms. The van der Waals surface area contributed by atoms with Gasteiger partial charge in [0.1, 0.15) is 0 Å². The highest BCUT2D eigenvalue weighted by Crippen LogP contribution is 2.19. The molecule has 100 valence electrons. The number of rotatable bonds is 7. The van der Waals surface area contributed by atoms with Crippen LogP contribution in [0.1, 0.15) is 0 Å². The van der Waals surface area contributed by atoms with Crippen LogP contribution >= 0.6 is 0 Å². The minimum Gasteiger partial charge on any atom is -0.211 e. The summed E-state index contributed by atoms with van der Waals surface area (Å²) >= 11 is 0. The molecule has 0 spiro atoms. The summed E-state index contributed by atoms with van der Waals surface area (Å²) in [6.45, 7) is 7.45. The van der Waals surface area contributed by atoms with Gasteiger partial charge in [-0.1, -0.05) is 12.2 Å². The van der Waals surface area contributed by atoms with Gasteiger partial charge in [0, 0.05) is 13.1 Å². The van der Waals surface area contributed by atoms with Crippen molar-refractivity contribution in [1.82, 2.24) is 4.31 Å². The van der Waals surface area contributed by atoms with Gasteiger partial charge < -0.3 is 0 Å². The smallest absolute Gasteiger partial charge is 0.211 e. The fourth-order valence-corrected chi connectivity index (χ4v) is 2.83. The highest BCUT2D eigenvalue weighted by molar-refractivity contribution is 7.89. The summed E-state index contributed by atoms with van der Waals surface area (Å²) in [7, 11) is -3.61. The van der Waals surface area contributed by atoms with Gasteiger partial charge in [-0.25, -0.2) is 13.2 Å². The Hall–Kier alpha value is -2.01. The van der Waals surface area contributed by atoms with Crippen molar-refractivity contribution in [2.24, 2.45) is 4.99 Å².